The number of aromatic nitrogens is 1. The van der Waals surface area contributed by atoms with Crippen LogP contribution in [0.2, 0.25) is 0 Å². The van der Waals surface area contributed by atoms with E-state index in [-0.39, 0.29) is 12.5 Å². The van der Waals surface area contributed by atoms with Crippen molar-refractivity contribution in [3.05, 3.63) is 89.7 Å². The lowest BCUT2D eigenvalue weighted by Gasteiger charge is -2.19. The number of hydrogen-bond donors (Lipinski definition) is 1. The van der Waals surface area contributed by atoms with Gasteiger partial charge in [-0.3, -0.25) is 9.78 Å². The molecule has 6 nitrogen and oxygen atoms in total. The zero-order valence-electron chi connectivity index (χ0n) is 16.5. The van der Waals surface area contributed by atoms with Crippen molar-refractivity contribution in [1.82, 2.24) is 4.98 Å². The number of rotatable bonds is 7. The lowest BCUT2D eigenvalue weighted by molar-refractivity contribution is 0.0527. The highest BCUT2D eigenvalue weighted by Gasteiger charge is 2.16. The Hall–Kier alpha value is -3.67. The predicted molar refractivity (Wildman–Crippen MR) is 113 cm³/mol. The monoisotopic (exact) mass is 389 g/mol. The molecular formula is C23H23N3O3. The highest BCUT2D eigenvalue weighted by atomic mass is 16.5. The van der Waals surface area contributed by atoms with Crippen molar-refractivity contribution < 1.29 is 14.3 Å². The first-order chi connectivity index (χ1) is 14.1. The van der Waals surface area contributed by atoms with Crippen LogP contribution in [0.5, 0.6) is 0 Å². The fourth-order valence-electron chi connectivity index (χ4n) is 2.88. The number of nitrogens with one attached hydrogen (secondary N) is 1. The van der Waals surface area contributed by atoms with Crippen LogP contribution in [0.15, 0.2) is 73.1 Å². The van der Waals surface area contributed by atoms with E-state index in [1.807, 2.05) is 42.3 Å². The molecule has 0 spiro atoms. The molecule has 0 fully saturated rings. The second-order valence-corrected chi connectivity index (χ2v) is 6.49. The molecule has 1 N–H and O–H groups in total. The minimum Gasteiger partial charge on any atom is -0.462 e. The normalized spacial score (nSPS) is 10.3. The number of anilines is 2. The van der Waals surface area contributed by atoms with Crippen LogP contribution < -0.4 is 10.2 Å². The van der Waals surface area contributed by atoms with Crippen molar-refractivity contribution in [3.63, 3.8) is 0 Å². The van der Waals surface area contributed by atoms with E-state index in [0.717, 1.165) is 11.3 Å². The highest BCUT2D eigenvalue weighted by molar-refractivity contribution is 6.08. The van der Waals surface area contributed by atoms with Crippen molar-refractivity contribution in [2.24, 2.45) is 0 Å². The fraction of sp³-hybridized carbons (Fsp3) is 0.174. The highest BCUT2D eigenvalue weighted by Crippen LogP contribution is 2.20. The van der Waals surface area contributed by atoms with E-state index in [9.17, 15) is 9.59 Å². The molecule has 0 unspecified atom stereocenters. The standard InChI is InChI=1S/C23H23N3O3/c1-3-29-23(28)20-11-7-8-12-21(20)25-22(27)18-13-19(15-24-14-18)26(2)16-17-9-5-4-6-10-17/h4-15H,3,16H2,1-2H3,(H,25,27). The first kappa shape index (κ1) is 20.1. The third-order valence-corrected chi connectivity index (χ3v) is 4.36. The number of nitrogens with zero attached hydrogens (tertiary/aromatic N) is 2. The summed E-state index contributed by atoms with van der Waals surface area (Å²) in [4.78, 5) is 31.1. The van der Waals surface area contributed by atoms with E-state index >= 15 is 0 Å². The van der Waals surface area contributed by atoms with Crippen molar-refractivity contribution in [3.8, 4) is 0 Å². The van der Waals surface area contributed by atoms with Crippen LogP contribution in [0, 0.1) is 0 Å². The van der Waals surface area contributed by atoms with E-state index in [4.69, 9.17) is 4.74 Å². The van der Waals surface area contributed by atoms with Crippen LogP contribution in [-0.2, 0) is 11.3 Å². The Morgan fingerprint density at radius 2 is 1.76 bits per heavy atom. The summed E-state index contributed by atoms with van der Waals surface area (Å²) < 4.78 is 5.05. The largest absolute Gasteiger partial charge is 0.462 e. The van der Waals surface area contributed by atoms with Gasteiger partial charge in [-0.05, 0) is 30.7 Å². The number of esters is 1. The molecule has 0 saturated heterocycles. The van der Waals surface area contributed by atoms with Gasteiger partial charge in [0.25, 0.3) is 5.91 Å². The molecule has 148 valence electrons. The summed E-state index contributed by atoms with van der Waals surface area (Å²) >= 11 is 0. The van der Waals surface area contributed by atoms with Crippen molar-refractivity contribution in [2.45, 2.75) is 13.5 Å². The Kier molecular flexibility index (Phi) is 6.58. The van der Waals surface area contributed by atoms with Gasteiger partial charge in [0.2, 0.25) is 0 Å². The van der Waals surface area contributed by atoms with Crippen molar-refractivity contribution in [1.29, 1.82) is 0 Å². The van der Waals surface area contributed by atoms with Gasteiger partial charge in [-0.1, -0.05) is 42.5 Å². The minimum absolute atomic E-state index is 0.265. The molecule has 0 radical (unpaired) electrons. The molecule has 6 heteroatoms. The third-order valence-electron chi connectivity index (χ3n) is 4.36. The molecule has 0 aliphatic carbocycles. The maximum atomic E-state index is 12.8. The number of hydrogen-bond acceptors (Lipinski definition) is 5. The molecule has 3 rings (SSSR count). The maximum absolute atomic E-state index is 12.8. The summed E-state index contributed by atoms with van der Waals surface area (Å²) in [6, 6.07) is 18.6. The van der Waals surface area contributed by atoms with Crippen LogP contribution in [0.25, 0.3) is 0 Å². The summed E-state index contributed by atoms with van der Waals surface area (Å²) in [6.45, 7) is 2.70. The topological polar surface area (TPSA) is 71.5 Å². The zero-order chi connectivity index (χ0) is 20.6. The van der Waals surface area contributed by atoms with Crippen molar-refractivity contribution in [2.75, 3.05) is 23.9 Å². The smallest absolute Gasteiger partial charge is 0.340 e. The molecule has 0 atom stereocenters. The SMILES string of the molecule is CCOC(=O)c1ccccc1NC(=O)c1cncc(N(C)Cc2ccccc2)c1. The summed E-state index contributed by atoms with van der Waals surface area (Å²) in [5.74, 6) is -0.818. The molecular weight excluding hydrogens is 366 g/mol. The van der Waals surface area contributed by atoms with Gasteiger partial charge in [0.05, 0.1) is 35.3 Å². The average Bonchev–Trinajstić information content (AvgIpc) is 2.75. The lowest BCUT2D eigenvalue weighted by Crippen LogP contribution is -2.19. The minimum atomic E-state index is -0.474. The summed E-state index contributed by atoms with van der Waals surface area (Å²) in [6.07, 6.45) is 3.22. The Morgan fingerprint density at radius 1 is 1.03 bits per heavy atom. The molecule has 0 aliphatic rings. The Labute approximate surface area is 170 Å². The van der Waals surface area contributed by atoms with E-state index in [1.54, 1.807) is 43.5 Å². The molecule has 2 aromatic carbocycles. The summed E-state index contributed by atoms with van der Waals surface area (Å²) in [5.41, 5.74) is 3.10. The maximum Gasteiger partial charge on any atom is 0.340 e. The van der Waals surface area contributed by atoms with Gasteiger partial charge >= 0.3 is 5.97 Å². The van der Waals surface area contributed by atoms with Gasteiger partial charge in [0, 0.05) is 19.8 Å². The van der Waals surface area contributed by atoms with E-state index in [0.29, 0.717) is 23.4 Å². The van der Waals surface area contributed by atoms with Crippen LogP contribution in [-0.4, -0.2) is 30.5 Å². The van der Waals surface area contributed by atoms with Crippen LogP contribution >= 0.6 is 0 Å². The van der Waals surface area contributed by atoms with Gasteiger partial charge < -0.3 is 15.0 Å². The van der Waals surface area contributed by atoms with E-state index in [2.05, 4.69) is 10.3 Å². The molecule has 0 bridgehead atoms. The molecule has 1 aromatic heterocycles. The van der Waals surface area contributed by atoms with Crippen LogP contribution in [0.3, 0.4) is 0 Å². The van der Waals surface area contributed by atoms with E-state index in [1.165, 1.54) is 6.20 Å². The van der Waals surface area contributed by atoms with Gasteiger partial charge in [-0.25, -0.2) is 4.79 Å². The third kappa shape index (κ3) is 5.19. The van der Waals surface area contributed by atoms with Gasteiger partial charge in [-0.15, -0.1) is 0 Å². The molecule has 1 amide bonds. The number of carbonyl (C=O) groups is 2. The molecule has 29 heavy (non-hydrogen) atoms. The number of carbonyl (C=O) groups excluding carboxylic acids is 2. The van der Waals surface area contributed by atoms with Gasteiger partial charge in [-0.2, -0.15) is 0 Å². The van der Waals surface area contributed by atoms with Crippen LogP contribution in [0.4, 0.5) is 11.4 Å². The van der Waals surface area contributed by atoms with Gasteiger partial charge in [0.15, 0.2) is 0 Å². The molecule has 1 heterocycles. The first-order valence-corrected chi connectivity index (χ1v) is 9.36. The first-order valence-electron chi connectivity index (χ1n) is 9.36. The quantitative estimate of drug-likeness (QED) is 0.615. The summed E-state index contributed by atoms with van der Waals surface area (Å²) in [7, 11) is 1.95. The Balaban J connectivity index is 1.76. The number of ether oxygens (including phenoxy) is 1. The summed E-state index contributed by atoms with van der Waals surface area (Å²) in [5, 5.41) is 2.78. The number of amides is 1. The Bertz CT molecular complexity index is 989. The number of benzene rings is 2. The average molecular weight is 389 g/mol. The number of para-hydroxylation sites is 1. The number of pyridine rings is 1. The molecule has 0 saturated carbocycles. The van der Waals surface area contributed by atoms with E-state index < -0.39 is 5.97 Å². The second kappa shape index (κ2) is 9.50. The predicted octanol–water partition coefficient (Wildman–Crippen LogP) is 4.15. The van der Waals surface area contributed by atoms with Crippen molar-refractivity contribution >= 4 is 23.3 Å². The van der Waals surface area contributed by atoms with Gasteiger partial charge in [0.1, 0.15) is 0 Å². The lowest BCUT2D eigenvalue weighted by atomic mass is 10.1. The second-order valence-electron chi connectivity index (χ2n) is 6.49. The fourth-order valence-corrected chi connectivity index (χ4v) is 2.88. The zero-order valence-corrected chi connectivity index (χ0v) is 16.5. The molecule has 0 aliphatic heterocycles. The molecule has 3 aromatic rings. The Morgan fingerprint density at radius 3 is 2.52 bits per heavy atom. The van der Waals surface area contributed by atoms with Crippen LogP contribution in [0.1, 0.15) is 33.2 Å².